The largest absolute Gasteiger partial charge is 0.457 e. The molecule has 1 N–H and O–H groups in total. The zero-order chi connectivity index (χ0) is 15.3. The number of thiazole rings is 1. The van der Waals surface area contributed by atoms with Crippen molar-refractivity contribution in [2.24, 2.45) is 0 Å². The summed E-state index contributed by atoms with van der Waals surface area (Å²) in [4.78, 5) is 26.5. The quantitative estimate of drug-likeness (QED) is 0.684. The molecule has 7 heteroatoms. The Hall–Kier alpha value is -1.40. The van der Waals surface area contributed by atoms with Gasteiger partial charge in [0.15, 0.2) is 5.13 Å². The fraction of sp³-hybridized carbons (Fsp3) is 0.462. The molecule has 0 aliphatic rings. The SMILES string of the molecule is CC(=O)Nc1nc(C/C=C\C(=O)OC(C)(C)C)c(Cl)s1. The maximum absolute atomic E-state index is 11.5. The van der Waals surface area contributed by atoms with E-state index in [2.05, 4.69) is 10.3 Å². The fourth-order valence-electron chi connectivity index (χ4n) is 1.27. The maximum atomic E-state index is 11.5. The van der Waals surface area contributed by atoms with Crippen LogP contribution in [-0.4, -0.2) is 22.5 Å². The van der Waals surface area contributed by atoms with Crippen molar-refractivity contribution < 1.29 is 14.3 Å². The Morgan fingerprint density at radius 3 is 2.65 bits per heavy atom. The second kappa shape index (κ2) is 6.85. The van der Waals surface area contributed by atoms with E-state index >= 15 is 0 Å². The fourth-order valence-corrected chi connectivity index (χ4v) is 2.37. The Kier molecular flexibility index (Phi) is 5.71. The molecule has 110 valence electrons. The first-order valence-electron chi connectivity index (χ1n) is 5.99. The van der Waals surface area contributed by atoms with Crippen LogP contribution >= 0.6 is 22.9 Å². The molecule has 0 radical (unpaired) electrons. The monoisotopic (exact) mass is 316 g/mol. The van der Waals surface area contributed by atoms with Crippen LogP contribution in [0, 0.1) is 0 Å². The Balaban J connectivity index is 2.59. The summed E-state index contributed by atoms with van der Waals surface area (Å²) < 4.78 is 5.62. The van der Waals surface area contributed by atoms with Crippen molar-refractivity contribution in [3.8, 4) is 0 Å². The highest BCUT2D eigenvalue weighted by Crippen LogP contribution is 2.28. The van der Waals surface area contributed by atoms with Gasteiger partial charge in [-0.3, -0.25) is 4.79 Å². The predicted octanol–water partition coefficient (Wildman–Crippen LogP) is 3.20. The first-order chi connectivity index (χ1) is 9.17. The minimum absolute atomic E-state index is 0.203. The van der Waals surface area contributed by atoms with Gasteiger partial charge in [-0.15, -0.1) is 0 Å². The topological polar surface area (TPSA) is 68.3 Å². The number of carbonyl (C=O) groups excluding carboxylic acids is 2. The molecule has 1 rings (SSSR count). The van der Waals surface area contributed by atoms with Gasteiger partial charge in [0.1, 0.15) is 9.94 Å². The summed E-state index contributed by atoms with van der Waals surface area (Å²) >= 11 is 7.19. The molecule has 1 amide bonds. The van der Waals surface area contributed by atoms with Crippen molar-refractivity contribution in [2.45, 2.75) is 39.7 Å². The van der Waals surface area contributed by atoms with Gasteiger partial charge < -0.3 is 10.1 Å². The molecular weight excluding hydrogens is 300 g/mol. The first-order valence-corrected chi connectivity index (χ1v) is 7.19. The van der Waals surface area contributed by atoms with Crippen LogP contribution in [0.15, 0.2) is 12.2 Å². The lowest BCUT2D eigenvalue weighted by Gasteiger charge is -2.17. The molecule has 0 unspecified atom stereocenters. The lowest BCUT2D eigenvalue weighted by Crippen LogP contribution is -2.22. The van der Waals surface area contributed by atoms with E-state index in [1.165, 1.54) is 24.3 Å². The number of nitrogens with one attached hydrogen (secondary N) is 1. The number of hydrogen-bond acceptors (Lipinski definition) is 5. The molecule has 0 bridgehead atoms. The summed E-state index contributed by atoms with van der Waals surface area (Å²) in [5, 5.41) is 3.01. The van der Waals surface area contributed by atoms with E-state index in [1.807, 2.05) is 0 Å². The van der Waals surface area contributed by atoms with E-state index in [4.69, 9.17) is 16.3 Å². The molecule has 0 fully saturated rings. The summed E-state index contributed by atoms with van der Waals surface area (Å²) in [6.07, 6.45) is 3.37. The van der Waals surface area contributed by atoms with E-state index in [1.54, 1.807) is 26.8 Å². The van der Waals surface area contributed by atoms with E-state index in [0.717, 1.165) is 0 Å². The highest BCUT2D eigenvalue weighted by Gasteiger charge is 2.14. The molecule has 1 heterocycles. The van der Waals surface area contributed by atoms with E-state index in [-0.39, 0.29) is 5.91 Å². The van der Waals surface area contributed by atoms with Crippen LogP contribution in [0.3, 0.4) is 0 Å². The highest BCUT2D eigenvalue weighted by atomic mass is 35.5. The molecule has 1 aromatic heterocycles. The lowest BCUT2D eigenvalue weighted by atomic mass is 10.2. The van der Waals surface area contributed by atoms with E-state index < -0.39 is 11.6 Å². The molecule has 0 spiro atoms. The van der Waals surface area contributed by atoms with Crippen molar-refractivity contribution in [1.29, 1.82) is 0 Å². The van der Waals surface area contributed by atoms with Gasteiger partial charge in [-0.1, -0.05) is 29.0 Å². The third kappa shape index (κ3) is 6.16. The molecule has 0 aliphatic heterocycles. The number of esters is 1. The normalized spacial score (nSPS) is 11.7. The molecule has 0 aliphatic carbocycles. The molecular formula is C13H17ClN2O3S. The summed E-state index contributed by atoms with van der Waals surface area (Å²) in [6.45, 7) is 6.80. The van der Waals surface area contributed by atoms with Gasteiger partial charge in [0.25, 0.3) is 0 Å². The van der Waals surface area contributed by atoms with Gasteiger partial charge in [-0.2, -0.15) is 0 Å². The standard InChI is InChI=1S/C13H17ClN2O3S/c1-8(17)15-12-16-9(11(14)20-12)6-5-7-10(18)19-13(2,3)4/h5,7H,6H2,1-4H3,(H,15,16,17)/b7-5-. The molecule has 0 saturated carbocycles. The average molecular weight is 317 g/mol. The maximum Gasteiger partial charge on any atom is 0.330 e. The molecule has 0 aromatic carbocycles. The third-order valence-electron chi connectivity index (χ3n) is 1.90. The van der Waals surface area contributed by atoms with Gasteiger partial charge in [0, 0.05) is 19.4 Å². The van der Waals surface area contributed by atoms with Crippen LogP contribution in [0.5, 0.6) is 0 Å². The number of anilines is 1. The van der Waals surface area contributed by atoms with Crippen molar-refractivity contribution in [3.05, 3.63) is 22.2 Å². The van der Waals surface area contributed by atoms with Crippen LogP contribution in [0.25, 0.3) is 0 Å². The van der Waals surface area contributed by atoms with E-state index in [9.17, 15) is 9.59 Å². The predicted molar refractivity (Wildman–Crippen MR) is 80.1 cm³/mol. The molecule has 0 saturated heterocycles. The van der Waals surface area contributed by atoms with Gasteiger partial charge >= 0.3 is 5.97 Å². The summed E-state index contributed by atoms with van der Waals surface area (Å²) in [5.41, 5.74) is 0.0957. The summed E-state index contributed by atoms with van der Waals surface area (Å²) in [5.74, 6) is -0.614. The number of hydrogen-bond donors (Lipinski definition) is 1. The van der Waals surface area contributed by atoms with Gasteiger partial charge in [0.2, 0.25) is 5.91 Å². The number of rotatable bonds is 4. The average Bonchev–Trinajstić information content (AvgIpc) is 2.55. The van der Waals surface area contributed by atoms with Gasteiger partial charge in [-0.25, -0.2) is 9.78 Å². The Morgan fingerprint density at radius 1 is 1.45 bits per heavy atom. The number of aromatic nitrogens is 1. The minimum atomic E-state index is -0.516. The zero-order valence-corrected chi connectivity index (χ0v) is 13.4. The molecule has 1 aromatic rings. The van der Waals surface area contributed by atoms with Crippen LogP contribution in [0.4, 0.5) is 5.13 Å². The van der Waals surface area contributed by atoms with Crippen molar-refractivity contribution in [1.82, 2.24) is 4.98 Å². The van der Waals surface area contributed by atoms with Crippen LogP contribution in [0.1, 0.15) is 33.4 Å². The van der Waals surface area contributed by atoms with Gasteiger partial charge in [0.05, 0.1) is 5.69 Å². The number of amides is 1. The number of carbonyl (C=O) groups is 2. The minimum Gasteiger partial charge on any atom is -0.457 e. The number of halogens is 1. The second-order valence-corrected chi connectivity index (χ2v) is 6.66. The van der Waals surface area contributed by atoms with Crippen LogP contribution < -0.4 is 5.32 Å². The van der Waals surface area contributed by atoms with Crippen molar-refractivity contribution in [3.63, 3.8) is 0 Å². The third-order valence-corrected chi connectivity index (χ3v) is 3.16. The number of ether oxygens (including phenoxy) is 1. The van der Waals surface area contributed by atoms with Crippen LogP contribution in [0.2, 0.25) is 4.34 Å². The Bertz CT molecular complexity index is 532. The Morgan fingerprint density at radius 2 is 2.10 bits per heavy atom. The summed E-state index contributed by atoms with van der Waals surface area (Å²) in [7, 11) is 0. The first kappa shape index (κ1) is 16.7. The Labute approximate surface area is 127 Å². The smallest absolute Gasteiger partial charge is 0.330 e. The molecule has 5 nitrogen and oxygen atoms in total. The van der Waals surface area contributed by atoms with E-state index in [0.29, 0.717) is 21.6 Å². The highest BCUT2D eigenvalue weighted by molar-refractivity contribution is 7.19. The lowest BCUT2D eigenvalue weighted by molar-refractivity contribution is -0.148. The zero-order valence-electron chi connectivity index (χ0n) is 11.8. The molecule has 0 atom stereocenters. The van der Waals surface area contributed by atoms with Gasteiger partial charge in [-0.05, 0) is 20.8 Å². The second-order valence-electron chi connectivity index (χ2n) is 5.06. The van der Waals surface area contributed by atoms with Crippen molar-refractivity contribution >= 4 is 39.9 Å². The molecule has 20 heavy (non-hydrogen) atoms. The van der Waals surface area contributed by atoms with Crippen molar-refractivity contribution in [2.75, 3.05) is 5.32 Å². The number of nitrogens with zero attached hydrogens (tertiary/aromatic N) is 1. The number of allylic oxidation sites excluding steroid dienone is 1. The van der Waals surface area contributed by atoms with Crippen LogP contribution in [-0.2, 0) is 20.7 Å². The summed E-state index contributed by atoms with van der Waals surface area (Å²) in [6, 6.07) is 0.